The van der Waals surface area contributed by atoms with Crippen LogP contribution >= 0.6 is 0 Å². The van der Waals surface area contributed by atoms with Crippen molar-refractivity contribution in [1.82, 2.24) is 20.0 Å². The number of carbonyl (C=O) groups is 1. The topological polar surface area (TPSA) is 81.4 Å². The van der Waals surface area contributed by atoms with E-state index < -0.39 is 0 Å². The molecule has 156 valence electrons. The van der Waals surface area contributed by atoms with E-state index in [1.165, 1.54) is 0 Å². The fourth-order valence-corrected chi connectivity index (χ4v) is 4.47. The number of likely N-dealkylation sites (tertiary alicyclic amines) is 1. The first-order valence-electron chi connectivity index (χ1n) is 10.6. The molecule has 7 nitrogen and oxygen atoms in total. The van der Waals surface area contributed by atoms with Crippen LogP contribution in [0.5, 0.6) is 0 Å². The van der Waals surface area contributed by atoms with E-state index in [4.69, 9.17) is 9.26 Å². The molecule has 4 heterocycles. The lowest BCUT2D eigenvalue weighted by Crippen LogP contribution is -2.51. The first-order chi connectivity index (χ1) is 13.9. The molecule has 4 rings (SSSR count). The molecule has 2 aliphatic rings. The van der Waals surface area contributed by atoms with Gasteiger partial charge < -0.3 is 14.2 Å². The number of ether oxygens (including phenoxy) is 1. The molecule has 2 aliphatic heterocycles. The van der Waals surface area contributed by atoms with Gasteiger partial charge in [-0.15, -0.1) is 0 Å². The second-order valence-corrected chi connectivity index (χ2v) is 8.78. The minimum atomic E-state index is -0.127. The van der Waals surface area contributed by atoms with E-state index in [0.717, 1.165) is 63.3 Å². The zero-order valence-corrected chi connectivity index (χ0v) is 17.6. The van der Waals surface area contributed by atoms with Gasteiger partial charge >= 0.3 is 0 Å². The number of nitrogens with zero attached hydrogens (tertiary/aromatic N) is 4. The molecule has 7 heteroatoms. The van der Waals surface area contributed by atoms with Crippen LogP contribution in [0, 0.1) is 12.8 Å². The summed E-state index contributed by atoms with van der Waals surface area (Å²) in [5.74, 6) is 2.34. The number of piperidine rings is 1. The monoisotopic (exact) mass is 398 g/mol. The summed E-state index contributed by atoms with van der Waals surface area (Å²) in [5, 5.41) is 4.16. The van der Waals surface area contributed by atoms with Crippen molar-refractivity contribution in [2.45, 2.75) is 64.4 Å². The van der Waals surface area contributed by atoms with Crippen LogP contribution in [0.2, 0.25) is 0 Å². The summed E-state index contributed by atoms with van der Waals surface area (Å²) in [5.41, 5.74) is 1.46. The largest absolute Gasteiger partial charge is 0.375 e. The number of hydrogen-bond donors (Lipinski definition) is 0. The Morgan fingerprint density at radius 2 is 2.14 bits per heavy atom. The predicted molar refractivity (Wildman–Crippen MR) is 108 cm³/mol. The highest BCUT2D eigenvalue weighted by atomic mass is 16.5. The molecule has 1 unspecified atom stereocenters. The summed E-state index contributed by atoms with van der Waals surface area (Å²) in [6, 6.07) is 3.65. The fraction of sp³-hybridized carbons (Fsp3) is 0.636. The summed E-state index contributed by atoms with van der Waals surface area (Å²) in [6.45, 7) is 8.24. The highest BCUT2D eigenvalue weighted by Crippen LogP contribution is 2.39. The van der Waals surface area contributed by atoms with Crippen molar-refractivity contribution in [3.05, 3.63) is 41.3 Å². The minimum Gasteiger partial charge on any atom is -0.375 e. The van der Waals surface area contributed by atoms with E-state index in [1.54, 1.807) is 12.3 Å². The zero-order valence-electron chi connectivity index (χ0n) is 17.6. The van der Waals surface area contributed by atoms with Crippen molar-refractivity contribution >= 4 is 5.91 Å². The highest BCUT2D eigenvalue weighted by molar-refractivity contribution is 5.94. The van der Waals surface area contributed by atoms with E-state index in [2.05, 4.69) is 29.0 Å². The molecular weight excluding hydrogens is 368 g/mol. The Labute approximate surface area is 171 Å². The molecule has 0 bridgehead atoms. The third-order valence-electron chi connectivity index (χ3n) is 6.15. The van der Waals surface area contributed by atoms with E-state index in [-0.39, 0.29) is 17.4 Å². The van der Waals surface area contributed by atoms with Gasteiger partial charge in [-0.05, 0) is 50.7 Å². The van der Waals surface area contributed by atoms with Gasteiger partial charge in [0.05, 0.1) is 5.60 Å². The summed E-state index contributed by atoms with van der Waals surface area (Å²) in [6.07, 6.45) is 6.30. The van der Waals surface area contributed by atoms with E-state index in [1.807, 2.05) is 17.9 Å². The number of rotatable bonds is 4. The first kappa shape index (κ1) is 20.0. The maximum absolute atomic E-state index is 12.8. The van der Waals surface area contributed by atoms with Crippen molar-refractivity contribution in [2.75, 3.05) is 19.7 Å². The van der Waals surface area contributed by atoms with Gasteiger partial charge in [-0.25, -0.2) is 0 Å². The van der Waals surface area contributed by atoms with Gasteiger partial charge in [0.2, 0.25) is 5.89 Å². The second-order valence-electron chi connectivity index (χ2n) is 8.78. The van der Waals surface area contributed by atoms with Crippen LogP contribution in [0.3, 0.4) is 0 Å². The highest BCUT2D eigenvalue weighted by Gasteiger charge is 2.41. The number of pyridine rings is 1. The third-order valence-corrected chi connectivity index (χ3v) is 6.15. The van der Waals surface area contributed by atoms with Gasteiger partial charge in [0.1, 0.15) is 0 Å². The van der Waals surface area contributed by atoms with Gasteiger partial charge in [0.15, 0.2) is 5.82 Å². The molecule has 0 saturated carbocycles. The Balaban J connectivity index is 1.35. The van der Waals surface area contributed by atoms with Crippen LogP contribution < -0.4 is 0 Å². The molecule has 0 aromatic carbocycles. The Bertz CT molecular complexity index is 855. The Morgan fingerprint density at radius 1 is 1.34 bits per heavy atom. The molecule has 2 fully saturated rings. The SMILES string of the molecule is Cc1cc(C(=O)N2CCC3(CC2)CC(Cc2noc(C(C)C)n2)CCO3)ccn1. The van der Waals surface area contributed by atoms with Crippen molar-refractivity contribution < 1.29 is 14.1 Å². The number of hydrogen-bond acceptors (Lipinski definition) is 6. The predicted octanol–water partition coefficient (Wildman–Crippen LogP) is 3.54. The van der Waals surface area contributed by atoms with Crippen molar-refractivity contribution in [3.63, 3.8) is 0 Å². The average Bonchev–Trinajstić information content (AvgIpc) is 3.17. The molecule has 0 radical (unpaired) electrons. The lowest BCUT2D eigenvalue weighted by atomic mass is 9.78. The lowest BCUT2D eigenvalue weighted by molar-refractivity contribution is -0.123. The molecule has 2 aromatic rings. The van der Waals surface area contributed by atoms with E-state index >= 15 is 0 Å². The Kier molecular flexibility index (Phi) is 5.67. The third kappa shape index (κ3) is 4.50. The van der Waals surface area contributed by atoms with Gasteiger partial charge in [0.25, 0.3) is 5.91 Å². The second kappa shape index (κ2) is 8.22. The standard InChI is InChI=1S/C22H30N4O3/c1-15(2)20-24-19(25-29-20)13-17-5-11-28-22(14-17)6-9-26(10-7-22)21(27)18-4-8-23-16(3)12-18/h4,8,12,15,17H,5-7,9-11,13-14H2,1-3H3. The number of carbonyl (C=O) groups excluding carboxylic acids is 1. The molecule has 29 heavy (non-hydrogen) atoms. The zero-order chi connectivity index (χ0) is 20.4. The molecule has 1 atom stereocenters. The molecule has 2 aromatic heterocycles. The van der Waals surface area contributed by atoms with Gasteiger partial charge in [-0.3, -0.25) is 9.78 Å². The van der Waals surface area contributed by atoms with Crippen LogP contribution in [0.1, 0.15) is 73.2 Å². The number of amides is 1. The van der Waals surface area contributed by atoms with Crippen molar-refractivity contribution in [3.8, 4) is 0 Å². The Morgan fingerprint density at radius 3 is 2.83 bits per heavy atom. The average molecular weight is 399 g/mol. The van der Waals surface area contributed by atoms with Gasteiger partial charge in [0, 0.05) is 49.5 Å². The fourth-order valence-electron chi connectivity index (χ4n) is 4.47. The number of aromatic nitrogens is 3. The van der Waals surface area contributed by atoms with E-state index in [9.17, 15) is 4.79 Å². The molecule has 0 N–H and O–H groups in total. The lowest BCUT2D eigenvalue weighted by Gasteiger charge is -2.46. The molecular formula is C22H30N4O3. The molecule has 0 aliphatic carbocycles. The van der Waals surface area contributed by atoms with E-state index in [0.29, 0.717) is 17.4 Å². The summed E-state index contributed by atoms with van der Waals surface area (Å²) in [4.78, 5) is 23.5. The normalized spacial score (nSPS) is 21.7. The minimum absolute atomic E-state index is 0.0886. The van der Waals surface area contributed by atoms with Crippen LogP contribution in [-0.2, 0) is 11.2 Å². The Hall–Kier alpha value is -2.28. The maximum Gasteiger partial charge on any atom is 0.253 e. The number of aryl methyl sites for hydroxylation is 1. The first-order valence-corrected chi connectivity index (χ1v) is 10.6. The van der Waals surface area contributed by atoms with Crippen LogP contribution in [0.25, 0.3) is 0 Å². The summed E-state index contributed by atoms with van der Waals surface area (Å²) >= 11 is 0. The van der Waals surface area contributed by atoms with Crippen molar-refractivity contribution in [1.29, 1.82) is 0 Å². The molecule has 1 spiro atoms. The molecule has 2 saturated heterocycles. The van der Waals surface area contributed by atoms with Crippen LogP contribution in [0.15, 0.2) is 22.9 Å². The van der Waals surface area contributed by atoms with Crippen LogP contribution in [-0.4, -0.2) is 51.2 Å². The quantitative estimate of drug-likeness (QED) is 0.784. The smallest absolute Gasteiger partial charge is 0.253 e. The van der Waals surface area contributed by atoms with Gasteiger partial charge in [-0.1, -0.05) is 19.0 Å². The summed E-state index contributed by atoms with van der Waals surface area (Å²) in [7, 11) is 0. The summed E-state index contributed by atoms with van der Waals surface area (Å²) < 4.78 is 11.6. The van der Waals surface area contributed by atoms with Gasteiger partial charge in [-0.2, -0.15) is 4.98 Å². The van der Waals surface area contributed by atoms with Crippen molar-refractivity contribution in [2.24, 2.45) is 5.92 Å². The maximum atomic E-state index is 12.8. The van der Waals surface area contributed by atoms with Crippen LogP contribution in [0.4, 0.5) is 0 Å². The molecule has 1 amide bonds.